The standard InChI is InChI=1S/C21H24N2O/c1-2-7-16(8-3-1)21-19(18-10-4-5-11-20(18)23-21)12-13-22-15-17-9-6-14-24-17/h1-5,7-8,10-11,17,22-23H,6,9,12-15H2. The van der Waals surface area contributed by atoms with E-state index in [0.29, 0.717) is 6.10 Å². The predicted octanol–water partition coefficient (Wildman–Crippen LogP) is 4.15. The van der Waals surface area contributed by atoms with E-state index in [4.69, 9.17) is 4.74 Å². The fourth-order valence-corrected chi connectivity index (χ4v) is 3.59. The van der Waals surface area contributed by atoms with Crippen LogP contribution in [0.25, 0.3) is 22.2 Å². The number of aromatic amines is 1. The fourth-order valence-electron chi connectivity index (χ4n) is 3.59. The third-order valence-electron chi connectivity index (χ3n) is 4.82. The lowest BCUT2D eigenvalue weighted by Crippen LogP contribution is -2.27. The van der Waals surface area contributed by atoms with Crippen molar-refractivity contribution in [2.24, 2.45) is 0 Å². The highest BCUT2D eigenvalue weighted by atomic mass is 16.5. The normalized spacial score (nSPS) is 17.6. The van der Waals surface area contributed by atoms with Gasteiger partial charge in [-0.3, -0.25) is 0 Å². The average molecular weight is 320 g/mol. The Balaban J connectivity index is 1.54. The van der Waals surface area contributed by atoms with Crippen LogP contribution in [0.5, 0.6) is 0 Å². The molecule has 1 atom stereocenters. The van der Waals surface area contributed by atoms with Gasteiger partial charge in [-0.1, -0.05) is 48.5 Å². The van der Waals surface area contributed by atoms with Crippen molar-refractivity contribution in [2.75, 3.05) is 19.7 Å². The van der Waals surface area contributed by atoms with Crippen LogP contribution in [0, 0.1) is 0 Å². The van der Waals surface area contributed by atoms with Gasteiger partial charge in [0, 0.05) is 29.7 Å². The molecule has 2 aromatic carbocycles. The highest BCUT2D eigenvalue weighted by Crippen LogP contribution is 2.30. The van der Waals surface area contributed by atoms with Gasteiger partial charge < -0.3 is 15.0 Å². The van der Waals surface area contributed by atoms with Gasteiger partial charge in [0.25, 0.3) is 0 Å². The molecule has 0 amide bonds. The fraction of sp³-hybridized carbons (Fsp3) is 0.333. The number of nitrogens with one attached hydrogen (secondary N) is 2. The number of rotatable bonds is 6. The Morgan fingerprint density at radius 3 is 2.71 bits per heavy atom. The molecular formula is C21H24N2O. The number of aromatic nitrogens is 1. The van der Waals surface area contributed by atoms with E-state index in [1.165, 1.54) is 40.6 Å². The molecule has 0 spiro atoms. The number of hydrogen-bond donors (Lipinski definition) is 2. The van der Waals surface area contributed by atoms with Crippen LogP contribution in [-0.2, 0) is 11.2 Å². The molecule has 3 heteroatoms. The number of benzene rings is 2. The monoisotopic (exact) mass is 320 g/mol. The number of para-hydroxylation sites is 1. The van der Waals surface area contributed by atoms with Crippen molar-refractivity contribution in [1.29, 1.82) is 0 Å². The van der Waals surface area contributed by atoms with Gasteiger partial charge in [-0.2, -0.15) is 0 Å². The van der Waals surface area contributed by atoms with E-state index >= 15 is 0 Å². The third-order valence-corrected chi connectivity index (χ3v) is 4.82. The van der Waals surface area contributed by atoms with E-state index in [9.17, 15) is 0 Å². The van der Waals surface area contributed by atoms with E-state index in [0.717, 1.165) is 26.1 Å². The zero-order valence-electron chi connectivity index (χ0n) is 13.9. The van der Waals surface area contributed by atoms with Crippen LogP contribution >= 0.6 is 0 Å². The highest BCUT2D eigenvalue weighted by molar-refractivity contribution is 5.90. The Bertz CT molecular complexity index is 788. The second-order valence-corrected chi connectivity index (χ2v) is 6.48. The van der Waals surface area contributed by atoms with Gasteiger partial charge in [-0.05, 0) is 43.0 Å². The molecule has 2 N–H and O–H groups in total. The summed E-state index contributed by atoms with van der Waals surface area (Å²) >= 11 is 0. The summed E-state index contributed by atoms with van der Waals surface area (Å²) in [5.74, 6) is 0. The molecule has 0 bridgehead atoms. The van der Waals surface area contributed by atoms with Crippen LogP contribution < -0.4 is 5.32 Å². The van der Waals surface area contributed by atoms with E-state index in [1.807, 2.05) is 0 Å². The van der Waals surface area contributed by atoms with Crippen LogP contribution in [0.1, 0.15) is 18.4 Å². The van der Waals surface area contributed by atoms with Crippen LogP contribution in [0.3, 0.4) is 0 Å². The predicted molar refractivity (Wildman–Crippen MR) is 99.3 cm³/mol. The van der Waals surface area contributed by atoms with Crippen LogP contribution in [0.2, 0.25) is 0 Å². The molecule has 4 rings (SSSR count). The van der Waals surface area contributed by atoms with Crippen molar-refractivity contribution in [3.05, 3.63) is 60.2 Å². The molecule has 0 radical (unpaired) electrons. The highest BCUT2D eigenvalue weighted by Gasteiger charge is 2.15. The Kier molecular flexibility index (Phi) is 4.63. The number of fused-ring (bicyclic) bond motifs is 1. The lowest BCUT2D eigenvalue weighted by atomic mass is 10.0. The molecule has 3 nitrogen and oxygen atoms in total. The van der Waals surface area contributed by atoms with Gasteiger partial charge in [0.15, 0.2) is 0 Å². The first-order chi connectivity index (χ1) is 11.9. The van der Waals surface area contributed by atoms with Crippen molar-refractivity contribution in [1.82, 2.24) is 10.3 Å². The van der Waals surface area contributed by atoms with Crippen molar-refractivity contribution < 1.29 is 4.74 Å². The minimum Gasteiger partial charge on any atom is -0.377 e. The zero-order chi connectivity index (χ0) is 16.2. The van der Waals surface area contributed by atoms with Crippen molar-refractivity contribution in [2.45, 2.75) is 25.4 Å². The molecule has 1 unspecified atom stereocenters. The third kappa shape index (κ3) is 3.23. The Morgan fingerprint density at radius 2 is 1.88 bits per heavy atom. The van der Waals surface area contributed by atoms with E-state index in [-0.39, 0.29) is 0 Å². The first-order valence-corrected chi connectivity index (χ1v) is 8.89. The van der Waals surface area contributed by atoms with Gasteiger partial charge >= 0.3 is 0 Å². The summed E-state index contributed by atoms with van der Waals surface area (Å²) < 4.78 is 5.68. The average Bonchev–Trinajstić information content (AvgIpc) is 3.27. The van der Waals surface area contributed by atoms with E-state index < -0.39 is 0 Å². The Morgan fingerprint density at radius 1 is 1.04 bits per heavy atom. The number of H-pyrrole nitrogens is 1. The maximum Gasteiger partial charge on any atom is 0.0700 e. The molecule has 124 valence electrons. The molecule has 0 saturated carbocycles. The summed E-state index contributed by atoms with van der Waals surface area (Å²) in [5, 5.41) is 4.90. The minimum atomic E-state index is 0.404. The van der Waals surface area contributed by atoms with Gasteiger partial charge in [-0.25, -0.2) is 0 Å². The summed E-state index contributed by atoms with van der Waals surface area (Å²) in [5.41, 5.74) is 5.11. The first kappa shape index (κ1) is 15.4. The largest absolute Gasteiger partial charge is 0.377 e. The first-order valence-electron chi connectivity index (χ1n) is 8.89. The van der Waals surface area contributed by atoms with Crippen molar-refractivity contribution >= 4 is 10.9 Å². The zero-order valence-corrected chi connectivity index (χ0v) is 13.9. The lowest BCUT2D eigenvalue weighted by molar-refractivity contribution is 0.110. The second-order valence-electron chi connectivity index (χ2n) is 6.48. The number of ether oxygens (including phenoxy) is 1. The molecule has 1 aromatic heterocycles. The van der Waals surface area contributed by atoms with E-state index in [1.54, 1.807) is 0 Å². The Hall–Kier alpha value is -2.10. The second kappa shape index (κ2) is 7.20. The Labute approximate surface area is 143 Å². The minimum absolute atomic E-state index is 0.404. The molecule has 3 aromatic rings. The summed E-state index contributed by atoms with van der Waals surface area (Å²) in [6.45, 7) is 2.86. The molecule has 1 aliphatic rings. The van der Waals surface area contributed by atoms with Crippen LogP contribution in [0.4, 0.5) is 0 Å². The topological polar surface area (TPSA) is 37.0 Å². The lowest BCUT2D eigenvalue weighted by Gasteiger charge is -2.11. The molecule has 2 heterocycles. The molecule has 1 fully saturated rings. The quantitative estimate of drug-likeness (QED) is 0.670. The molecule has 1 saturated heterocycles. The summed E-state index contributed by atoms with van der Waals surface area (Å²) in [7, 11) is 0. The molecule has 24 heavy (non-hydrogen) atoms. The molecule has 1 aliphatic heterocycles. The molecular weight excluding hydrogens is 296 g/mol. The summed E-state index contributed by atoms with van der Waals surface area (Å²) in [6, 6.07) is 19.2. The SMILES string of the molecule is c1ccc(-c2[nH]c3ccccc3c2CCNCC2CCCO2)cc1. The van der Waals surface area contributed by atoms with E-state index in [2.05, 4.69) is 64.9 Å². The number of hydrogen-bond acceptors (Lipinski definition) is 2. The van der Waals surface area contributed by atoms with Gasteiger partial charge in [0.1, 0.15) is 0 Å². The van der Waals surface area contributed by atoms with Gasteiger partial charge in [0.05, 0.1) is 6.10 Å². The summed E-state index contributed by atoms with van der Waals surface area (Å²) in [4.78, 5) is 3.61. The maximum atomic E-state index is 5.68. The maximum absolute atomic E-state index is 5.68. The van der Waals surface area contributed by atoms with Crippen molar-refractivity contribution in [3.63, 3.8) is 0 Å². The molecule has 0 aliphatic carbocycles. The van der Waals surface area contributed by atoms with Gasteiger partial charge in [-0.15, -0.1) is 0 Å². The van der Waals surface area contributed by atoms with Gasteiger partial charge in [0.2, 0.25) is 0 Å². The smallest absolute Gasteiger partial charge is 0.0700 e. The van der Waals surface area contributed by atoms with Crippen LogP contribution in [0.15, 0.2) is 54.6 Å². The van der Waals surface area contributed by atoms with Crippen LogP contribution in [-0.4, -0.2) is 30.8 Å². The summed E-state index contributed by atoms with van der Waals surface area (Å²) in [6.07, 6.45) is 3.81. The van der Waals surface area contributed by atoms with Crippen molar-refractivity contribution in [3.8, 4) is 11.3 Å².